The molecule has 1 aliphatic heterocycles. The lowest BCUT2D eigenvalue weighted by atomic mass is 10.1. The fraction of sp³-hybridized carbons (Fsp3) is 0.615. The summed E-state index contributed by atoms with van der Waals surface area (Å²) in [6, 6.07) is 1.69. The number of hydrogen-bond acceptors (Lipinski definition) is 5. The first-order chi connectivity index (χ1) is 9.15. The predicted octanol–water partition coefficient (Wildman–Crippen LogP) is 2.28. The Morgan fingerprint density at radius 1 is 1.47 bits per heavy atom. The van der Waals surface area contributed by atoms with Gasteiger partial charge in [-0.05, 0) is 37.7 Å². The molecule has 19 heavy (non-hydrogen) atoms. The van der Waals surface area contributed by atoms with Crippen molar-refractivity contribution in [3.8, 4) is 0 Å². The van der Waals surface area contributed by atoms with Gasteiger partial charge in [0.2, 0.25) is 5.82 Å². The molecule has 0 radical (unpaired) electrons. The van der Waals surface area contributed by atoms with E-state index in [4.69, 9.17) is 4.74 Å². The Bertz CT molecular complexity index is 502. The van der Waals surface area contributed by atoms with Crippen molar-refractivity contribution in [3.63, 3.8) is 0 Å². The fourth-order valence-electron chi connectivity index (χ4n) is 2.63. The van der Waals surface area contributed by atoms with E-state index < -0.39 is 0 Å². The Morgan fingerprint density at radius 2 is 2.26 bits per heavy atom. The molecule has 1 aromatic heterocycles. The van der Waals surface area contributed by atoms with E-state index in [1.165, 1.54) is 12.8 Å². The molecule has 0 spiro atoms. The van der Waals surface area contributed by atoms with Crippen molar-refractivity contribution in [1.82, 2.24) is 4.98 Å². The minimum atomic E-state index is -0.385. The summed E-state index contributed by atoms with van der Waals surface area (Å²) in [6.07, 6.45) is 5.12. The second kappa shape index (κ2) is 4.77. The number of nitro groups is 1. The van der Waals surface area contributed by atoms with Crippen LogP contribution in [0.1, 0.15) is 24.8 Å². The van der Waals surface area contributed by atoms with Crippen LogP contribution in [-0.4, -0.2) is 28.7 Å². The molecule has 2 unspecified atom stereocenters. The summed E-state index contributed by atoms with van der Waals surface area (Å²) in [5.41, 5.74) is 0.833. The molecule has 1 saturated heterocycles. The van der Waals surface area contributed by atoms with Gasteiger partial charge in [-0.1, -0.05) is 0 Å². The van der Waals surface area contributed by atoms with Gasteiger partial charge in [0.15, 0.2) is 0 Å². The summed E-state index contributed by atoms with van der Waals surface area (Å²) < 4.78 is 5.73. The molecule has 0 amide bonds. The first-order valence-electron chi connectivity index (χ1n) is 6.64. The Kier molecular flexibility index (Phi) is 3.10. The normalized spacial score (nSPS) is 26.4. The average molecular weight is 263 g/mol. The minimum absolute atomic E-state index is 0.0430. The second-order valence-corrected chi connectivity index (χ2v) is 5.35. The van der Waals surface area contributed by atoms with Crippen LogP contribution >= 0.6 is 0 Å². The van der Waals surface area contributed by atoms with Crippen molar-refractivity contribution >= 4 is 11.5 Å². The number of rotatable bonds is 4. The van der Waals surface area contributed by atoms with Crippen LogP contribution in [0.15, 0.2) is 12.3 Å². The molecule has 0 aromatic carbocycles. The summed E-state index contributed by atoms with van der Waals surface area (Å²) >= 11 is 0. The third-order valence-corrected chi connectivity index (χ3v) is 3.75. The number of pyridine rings is 1. The van der Waals surface area contributed by atoms with Crippen LogP contribution in [0.2, 0.25) is 0 Å². The van der Waals surface area contributed by atoms with E-state index in [-0.39, 0.29) is 22.8 Å². The van der Waals surface area contributed by atoms with Gasteiger partial charge in [0.1, 0.15) is 0 Å². The molecule has 1 saturated carbocycles. The lowest BCUT2D eigenvalue weighted by molar-refractivity contribution is -0.384. The van der Waals surface area contributed by atoms with Crippen molar-refractivity contribution < 1.29 is 9.66 Å². The Balaban J connectivity index is 1.80. The number of aromatic nitrogens is 1. The van der Waals surface area contributed by atoms with Crippen LogP contribution in [0.4, 0.5) is 11.5 Å². The Labute approximate surface area is 111 Å². The zero-order chi connectivity index (χ0) is 13.4. The molecule has 1 aromatic rings. The Hall–Kier alpha value is -1.69. The highest BCUT2D eigenvalue weighted by Gasteiger charge is 2.41. The van der Waals surface area contributed by atoms with E-state index in [9.17, 15) is 10.1 Å². The summed E-state index contributed by atoms with van der Waals surface area (Å²) in [5.74, 6) is 0.973. The monoisotopic (exact) mass is 263 g/mol. The van der Waals surface area contributed by atoms with Gasteiger partial charge >= 0.3 is 5.69 Å². The van der Waals surface area contributed by atoms with Crippen LogP contribution in [0.5, 0.6) is 0 Å². The lowest BCUT2D eigenvalue weighted by Crippen LogP contribution is -2.31. The number of anilines is 1. The van der Waals surface area contributed by atoms with Crippen LogP contribution in [-0.2, 0) is 4.74 Å². The maximum Gasteiger partial charge on any atom is 0.311 e. The summed E-state index contributed by atoms with van der Waals surface area (Å²) in [7, 11) is 0. The molecule has 2 atom stereocenters. The van der Waals surface area contributed by atoms with Gasteiger partial charge in [-0.15, -0.1) is 0 Å². The number of hydrogen-bond donors (Lipinski definition) is 1. The molecule has 2 aliphatic rings. The van der Waals surface area contributed by atoms with E-state index in [2.05, 4.69) is 10.3 Å². The average Bonchev–Trinajstić information content (AvgIpc) is 3.12. The third kappa shape index (κ3) is 2.53. The van der Waals surface area contributed by atoms with Gasteiger partial charge < -0.3 is 10.1 Å². The van der Waals surface area contributed by atoms with Crippen LogP contribution in [0, 0.1) is 23.0 Å². The maximum absolute atomic E-state index is 11.1. The first-order valence-corrected chi connectivity index (χ1v) is 6.64. The summed E-state index contributed by atoms with van der Waals surface area (Å²) in [6.45, 7) is 2.52. The Morgan fingerprint density at radius 3 is 2.95 bits per heavy atom. The van der Waals surface area contributed by atoms with Crippen molar-refractivity contribution in [2.75, 3.05) is 11.9 Å². The van der Waals surface area contributed by atoms with Gasteiger partial charge in [0, 0.05) is 18.9 Å². The topological polar surface area (TPSA) is 77.3 Å². The molecule has 3 rings (SSSR count). The molecule has 6 nitrogen and oxygen atoms in total. The van der Waals surface area contributed by atoms with Gasteiger partial charge in [-0.2, -0.15) is 0 Å². The van der Waals surface area contributed by atoms with Crippen LogP contribution in [0.25, 0.3) is 0 Å². The van der Waals surface area contributed by atoms with Gasteiger partial charge in [-0.25, -0.2) is 4.98 Å². The highest BCUT2D eigenvalue weighted by molar-refractivity contribution is 5.57. The highest BCUT2D eigenvalue weighted by Crippen LogP contribution is 2.40. The molecule has 102 valence electrons. The zero-order valence-electron chi connectivity index (χ0n) is 10.8. The third-order valence-electron chi connectivity index (χ3n) is 3.75. The van der Waals surface area contributed by atoms with Gasteiger partial charge in [0.05, 0.1) is 17.1 Å². The smallest absolute Gasteiger partial charge is 0.311 e. The lowest BCUT2D eigenvalue weighted by Gasteiger charge is -2.19. The van der Waals surface area contributed by atoms with Crippen LogP contribution < -0.4 is 5.32 Å². The van der Waals surface area contributed by atoms with Gasteiger partial charge in [-0.3, -0.25) is 10.1 Å². The predicted molar refractivity (Wildman–Crippen MR) is 70.1 cm³/mol. The molecular formula is C13H17N3O3. The molecule has 2 heterocycles. The van der Waals surface area contributed by atoms with E-state index in [1.54, 1.807) is 19.2 Å². The highest BCUT2D eigenvalue weighted by atomic mass is 16.6. The standard InChI is InChI=1S/C13H17N3O3/c1-8-6-11(16(17)18)13(14-7-8)15-10-4-5-19-12(10)9-2-3-9/h6-7,9-10,12H,2-5H2,1H3,(H,14,15). The minimum Gasteiger partial charge on any atom is -0.376 e. The quantitative estimate of drug-likeness (QED) is 0.666. The number of nitrogens with zero attached hydrogens (tertiary/aromatic N) is 2. The number of ether oxygens (including phenoxy) is 1. The molecule has 1 N–H and O–H groups in total. The second-order valence-electron chi connectivity index (χ2n) is 5.35. The molecule has 0 bridgehead atoms. The van der Waals surface area contributed by atoms with Crippen molar-refractivity contribution in [2.45, 2.75) is 38.3 Å². The summed E-state index contributed by atoms with van der Waals surface area (Å²) in [4.78, 5) is 14.9. The molecule has 1 aliphatic carbocycles. The number of aryl methyl sites for hydroxylation is 1. The SMILES string of the molecule is Cc1cnc(NC2CCOC2C2CC2)c([N+](=O)[O-])c1. The zero-order valence-corrected chi connectivity index (χ0v) is 10.8. The largest absolute Gasteiger partial charge is 0.376 e. The van der Waals surface area contributed by atoms with E-state index in [0.717, 1.165) is 18.6 Å². The first kappa shape index (κ1) is 12.3. The fourth-order valence-corrected chi connectivity index (χ4v) is 2.63. The van der Waals surface area contributed by atoms with E-state index >= 15 is 0 Å². The van der Waals surface area contributed by atoms with Crippen molar-refractivity contribution in [1.29, 1.82) is 0 Å². The van der Waals surface area contributed by atoms with Gasteiger partial charge in [0.25, 0.3) is 0 Å². The van der Waals surface area contributed by atoms with Crippen molar-refractivity contribution in [3.05, 3.63) is 27.9 Å². The van der Waals surface area contributed by atoms with E-state index in [1.807, 2.05) is 0 Å². The van der Waals surface area contributed by atoms with E-state index in [0.29, 0.717) is 11.7 Å². The molecular weight excluding hydrogens is 246 g/mol. The van der Waals surface area contributed by atoms with Crippen LogP contribution in [0.3, 0.4) is 0 Å². The summed E-state index contributed by atoms with van der Waals surface area (Å²) in [5, 5.41) is 14.3. The van der Waals surface area contributed by atoms with Crippen molar-refractivity contribution in [2.24, 2.45) is 5.92 Å². The number of nitrogens with one attached hydrogen (secondary N) is 1. The molecule has 6 heteroatoms. The maximum atomic E-state index is 11.1. The molecule has 2 fully saturated rings.